The maximum atomic E-state index is 13.3. The van der Waals surface area contributed by atoms with Gasteiger partial charge in [-0.2, -0.15) is 0 Å². The van der Waals surface area contributed by atoms with Gasteiger partial charge in [0.15, 0.2) is 17.3 Å². The fourth-order valence-electron chi connectivity index (χ4n) is 4.84. The first kappa shape index (κ1) is 26.7. The number of hydrogen-bond donors (Lipinski definition) is 0. The van der Waals surface area contributed by atoms with E-state index in [9.17, 15) is 9.59 Å². The number of aryl methyl sites for hydroxylation is 1. The van der Waals surface area contributed by atoms with Crippen molar-refractivity contribution in [2.75, 3.05) is 14.2 Å². The molecule has 210 valence electrons. The highest BCUT2D eigenvalue weighted by atomic mass is 16.5. The fourth-order valence-corrected chi connectivity index (χ4v) is 4.84. The van der Waals surface area contributed by atoms with Crippen molar-refractivity contribution >= 4 is 28.8 Å². The second kappa shape index (κ2) is 11.2. The molecule has 0 aliphatic carbocycles. The zero-order valence-electron chi connectivity index (χ0n) is 23.1. The molecule has 0 saturated carbocycles. The molecule has 42 heavy (non-hydrogen) atoms. The Hall–Kier alpha value is -5.50. The number of furan rings is 1. The number of ether oxygens (including phenoxy) is 5. The standard InChI is InChI=1S/C34H26O8/c1-20-31(26-17-23(13-15-27(26)40-20)39-19-21-8-5-4-6-9-21)34(36)41-24-12-14-25-29(18-24)42-30(32(25)35)16-22-10-7-11-28(37-2)33(22)38-3/h4-18H,19H2,1-3H3/b30-16-. The molecular formula is C34H26O8. The third-order valence-electron chi connectivity index (χ3n) is 6.86. The van der Waals surface area contributed by atoms with Crippen molar-refractivity contribution in [1.29, 1.82) is 0 Å². The van der Waals surface area contributed by atoms with Gasteiger partial charge in [0.1, 0.15) is 40.8 Å². The summed E-state index contributed by atoms with van der Waals surface area (Å²) in [6.07, 6.45) is 1.59. The van der Waals surface area contributed by atoms with Crippen molar-refractivity contribution in [3.8, 4) is 28.7 Å². The Bertz CT molecular complexity index is 1850. The van der Waals surface area contributed by atoms with Gasteiger partial charge in [-0.3, -0.25) is 4.79 Å². The van der Waals surface area contributed by atoms with E-state index < -0.39 is 5.97 Å². The predicted molar refractivity (Wildman–Crippen MR) is 156 cm³/mol. The summed E-state index contributed by atoms with van der Waals surface area (Å²) in [5.74, 6) is 1.73. The number of benzene rings is 4. The number of carbonyl (C=O) groups excluding carboxylic acids is 2. The topological polar surface area (TPSA) is 93.4 Å². The van der Waals surface area contributed by atoms with Crippen molar-refractivity contribution in [2.24, 2.45) is 0 Å². The molecule has 1 aromatic heterocycles. The van der Waals surface area contributed by atoms with E-state index in [0.29, 0.717) is 57.3 Å². The molecule has 8 heteroatoms. The molecular weight excluding hydrogens is 536 g/mol. The van der Waals surface area contributed by atoms with Gasteiger partial charge in [0.2, 0.25) is 5.78 Å². The van der Waals surface area contributed by atoms with Crippen LogP contribution in [0.5, 0.6) is 28.7 Å². The molecule has 1 aliphatic rings. The van der Waals surface area contributed by atoms with Crippen molar-refractivity contribution in [1.82, 2.24) is 0 Å². The third-order valence-corrected chi connectivity index (χ3v) is 6.86. The molecule has 4 aromatic carbocycles. The van der Waals surface area contributed by atoms with Crippen LogP contribution in [0.2, 0.25) is 0 Å². The Morgan fingerprint density at radius 3 is 2.48 bits per heavy atom. The number of fused-ring (bicyclic) bond motifs is 2. The number of esters is 1. The maximum absolute atomic E-state index is 13.3. The number of rotatable bonds is 8. The summed E-state index contributed by atoms with van der Waals surface area (Å²) >= 11 is 0. The van der Waals surface area contributed by atoms with E-state index in [0.717, 1.165) is 5.56 Å². The zero-order valence-corrected chi connectivity index (χ0v) is 23.1. The van der Waals surface area contributed by atoms with Crippen LogP contribution < -0.4 is 23.7 Å². The molecule has 5 aromatic rings. The molecule has 0 N–H and O–H groups in total. The molecule has 2 heterocycles. The van der Waals surface area contributed by atoms with Gasteiger partial charge in [-0.15, -0.1) is 0 Å². The van der Waals surface area contributed by atoms with E-state index in [1.54, 1.807) is 61.5 Å². The normalized spacial score (nSPS) is 13.1. The number of allylic oxidation sites excluding steroid dienone is 1. The van der Waals surface area contributed by atoms with Crippen LogP contribution in [-0.2, 0) is 6.61 Å². The number of Topliss-reactive ketones (excluding diaryl/α,β-unsaturated/α-hetero) is 1. The summed E-state index contributed by atoms with van der Waals surface area (Å²) < 4.78 is 34.1. The first-order valence-corrected chi connectivity index (χ1v) is 13.2. The molecule has 1 aliphatic heterocycles. The van der Waals surface area contributed by atoms with Crippen molar-refractivity contribution < 1.29 is 37.7 Å². The van der Waals surface area contributed by atoms with E-state index in [4.69, 9.17) is 28.1 Å². The van der Waals surface area contributed by atoms with Crippen molar-refractivity contribution in [3.63, 3.8) is 0 Å². The molecule has 0 fully saturated rings. The minimum absolute atomic E-state index is 0.111. The molecule has 0 bridgehead atoms. The Kier molecular flexibility index (Phi) is 7.10. The second-order valence-electron chi connectivity index (χ2n) is 9.54. The van der Waals surface area contributed by atoms with Gasteiger partial charge in [0, 0.05) is 17.0 Å². The average Bonchev–Trinajstić information content (AvgIpc) is 3.50. The van der Waals surface area contributed by atoms with Crippen LogP contribution in [0.25, 0.3) is 17.0 Å². The predicted octanol–water partition coefficient (Wildman–Crippen LogP) is 7.17. The largest absolute Gasteiger partial charge is 0.493 e. The highest BCUT2D eigenvalue weighted by molar-refractivity contribution is 6.15. The molecule has 0 saturated heterocycles. The quantitative estimate of drug-likeness (QED) is 0.112. The lowest BCUT2D eigenvalue weighted by atomic mass is 10.1. The van der Waals surface area contributed by atoms with Crippen LogP contribution in [0.3, 0.4) is 0 Å². The van der Waals surface area contributed by atoms with Crippen LogP contribution in [0.4, 0.5) is 0 Å². The maximum Gasteiger partial charge on any atom is 0.347 e. The van der Waals surface area contributed by atoms with Gasteiger partial charge in [-0.1, -0.05) is 42.5 Å². The second-order valence-corrected chi connectivity index (χ2v) is 9.54. The van der Waals surface area contributed by atoms with Gasteiger partial charge in [0.05, 0.1) is 19.8 Å². The Morgan fingerprint density at radius 2 is 1.69 bits per heavy atom. The Labute approximate surface area is 241 Å². The van der Waals surface area contributed by atoms with Gasteiger partial charge < -0.3 is 28.1 Å². The fraction of sp³-hybridized carbons (Fsp3) is 0.118. The molecule has 0 spiro atoms. The summed E-state index contributed by atoms with van der Waals surface area (Å²) in [7, 11) is 3.06. The van der Waals surface area contributed by atoms with Gasteiger partial charge in [0.25, 0.3) is 0 Å². The average molecular weight is 563 g/mol. The lowest BCUT2D eigenvalue weighted by Crippen LogP contribution is -2.09. The molecule has 0 unspecified atom stereocenters. The summed E-state index contributed by atoms with van der Waals surface area (Å²) in [4.78, 5) is 26.4. The number of para-hydroxylation sites is 1. The molecule has 0 amide bonds. The van der Waals surface area contributed by atoms with E-state index in [1.807, 2.05) is 30.3 Å². The first-order valence-electron chi connectivity index (χ1n) is 13.2. The van der Waals surface area contributed by atoms with Crippen LogP contribution in [0.15, 0.2) is 95.1 Å². The summed E-state index contributed by atoms with van der Waals surface area (Å²) in [6.45, 7) is 2.09. The molecule has 0 atom stereocenters. The number of methoxy groups -OCH3 is 2. The number of ketones is 1. The van der Waals surface area contributed by atoms with Gasteiger partial charge >= 0.3 is 5.97 Å². The lowest BCUT2D eigenvalue weighted by Gasteiger charge is -2.10. The lowest BCUT2D eigenvalue weighted by molar-refractivity contribution is 0.0734. The molecule has 0 radical (unpaired) electrons. The Morgan fingerprint density at radius 1 is 0.881 bits per heavy atom. The summed E-state index contributed by atoms with van der Waals surface area (Å²) in [5, 5.41) is 0.577. The highest BCUT2D eigenvalue weighted by Crippen LogP contribution is 2.38. The summed E-state index contributed by atoms with van der Waals surface area (Å²) in [6, 6.07) is 25.1. The number of hydrogen-bond acceptors (Lipinski definition) is 8. The Balaban J connectivity index is 1.22. The smallest absolute Gasteiger partial charge is 0.347 e. The minimum atomic E-state index is -0.604. The van der Waals surface area contributed by atoms with Gasteiger partial charge in [-0.25, -0.2) is 4.79 Å². The van der Waals surface area contributed by atoms with Crippen LogP contribution in [-0.4, -0.2) is 26.0 Å². The highest BCUT2D eigenvalue weighted by Gasteiger charge is 2.29. The first-order chi connectivity index (χ1) is 20.4. The molecule has 8 nitrogen and oxygen atoms in total. The number of carbonyl (C=O) groups is 2. The zero-order chi connectivity index (χ0) is 29.2. The van der Waals surface area contributed by atoms with E-state index in [1.165, 1.54) is 20.3 Å². The van der Waals surface area contributed by atoms with E-state index >= 15 is 0 Å². The van der Waals surface area contributed by atoms with Crippen LogP contribution in [0.1, 0.15) is 37.6 Å². The van der Waals surface area contributed by atoms with E-state index in [-0.39, 0.29) is 23.0 Å². The van der Waals surface area contributed by atoms with Crippen molar-refractivity contribution in [3.05, 3.63) is 119 Å². The molecule has 6 rings (SSSR count). The van der Waals surface area contributed by atoms with Crippen LogP contribution in [0, 0.1) is 6.92 Å². The summed E-state index contributed by atoms with van der Waals surface area (Å²) in [5.41, 5.74) is 2.83. The van der Waals surface area contributed by atoms with E-state index in [2.05, 4.69) is 0 Å². The third kappa shape index (κ3) is 5.06. The SMILES string of the molecule is COc1cccc(/C=C2\Oc3cc(OC(=O)c4c(C)oc5ccc(OCc6ccccc6)cc45)ccc3C2=O)c1OC. The van der Waals surface area contributed by atoms with Crippen LogP contribution >= 0.6 is 0 Å². The minimum Gasteiger partial charge on any atom is -0.493 e. The van der Waals surface area contributed by atoms with Gasteiger partial charge in [-0.05, 0) is 55.0 Å². The monoisotopic (exact) mass is 562 g/mol. The van der Waals surface area contributed by atoms with Crippen molar-refractivity contribution in [2.45, 2.75) is 13.5 Å².